The SMILES string of the molecule is COc1cccc(-n2c(CCl)nc3cc(Cl)ccc32)c1. The van der Waals surface area contributed by atoms with Crippen LogP contribution in [-0.4, -0.2) is 16.7 Å². The number of halogens is 2. The van der Waals surface area contributed by atoms with Gasteiger partial charge in [0.25, 0.3) is 0 Å². The fraction of sp³-hybridized carbons (Fsp3) is 0.133. The van der Waals surface area contributed by atoms with Crippen molar-refractivity contribution >= 4 is 34.2 Å². The first-order valence-corrected chi connectivity index (χ1v) is 7.01. The number of nitrogens with zero attached hydrogens (tertiary/aromatic N) is 2. The van der Waals surface area contributed by atoms with Crippen molar-refractivity contribution in [3.8, 4) is 11.4 Å². The molecule has 0 spiro atoms. The first kappa shape index (κ1) is 13.3. The van der Waals surface area contributed by atoms with E-state index >= 15 is 0 Å². The molecule has 0 unspecified atom stereocenters. The number of aromatic nitrogens is 2. The van der Waals surface area contributed by atoms with Gasteiger partial charge in [0.2, 0.25) is 0 Å². The Morgan fingerprint density at radius 1 is 1.20 bits per heavy atom. The maximum atomic E-state index is 6.02. The molecule has 0 aliphatic carbocycles. The molecule has 0 radical (unpaired) electrons. The Balaban J connectivity index is 2.28. The van der Waals surface area contributed by atoms with Crippen LogP contribution in [0.3, 0.4) is 0 Å². The molecule has 20 heavy (non-hydrogen) atoms. The molecule has 0 saturated heterocycles. The Labute approximate surface area is 126 Å². The Hall–Kier alpha value is -1.71. The molecule has 1 heterocycles. The zero-order valence-electron chi connectivity index (χ0n) is 10.8. The molecular weight excluding hydrogens is 295 g/mol. The molecular formula is C15H12Cl2N2O. The second-order valence-corrected chi connectivity index (χ2v) is 5.04. The molecule has 5 heteroatoms. The van der Waals surface area contributed by atoms with E-state index in [2.05, 4.69) is 4.98 Å². The van der Waals surface area contributed by atoms with Gasteiger partial charge >= 0.3 is 0 Å². The van der Waals surface area contributed by atoms with E-state index in [4.69, 9.17) is 27.9 Å². The van der Waals surface area contributed by atoms with Gasteiger partial charge in [0.05, 0.1) is 29.7 Å². The van der Waals surface area contributed by atoms with Crippen molar-refractivity contribution in [2.24, 2.45) is 0 Å². The molecule has 3 aromatic rings. The van der Waals surface area contributed by atoms with Gasteiger partial charge < -0.3 is 4.74 Å². The van der Waals surface area contributed by atoms with E-state index in [1.54, 1.807) is 7.11 Å². The van der Waals surface area contributed by atoms with E-state index in [0.29, 0.717) is 10.9 Å². The van der Waals surface area contributed by atoms with Crippen molar-refractivity contribution in [1.29, 1.82) is 0 Å². The van der Waals surface area contributed by atoms with Gasteiger partial charge in [0, 0.05) is 11.1 Å². The summed E-state index contributed by atoms with van der Waals surface area (Å²) in [5, 5.41) is 0.661. The number of fused-ring (bicyclic) bond motifs is 1. The van der Waals surface area contributed by atoms with Crippen molar-refractivity contribution in [3.63, 3.8) is 0 Å². The molecule has 0 aliphatic rings. The fourth-order valence-electron chi connectivity index (χ4n) is 2.23. The highest BCUT2D eigenvalue weighted by molar-refractivity contribution is 6.31. The Morgan fingerprint density at radius 2 is 2.05 bits per heavy atom. The molecule has 0 aliphatic heterocycles. The van der Waals surface area contributed by atoms with E-state index in [-0.39, 0.29) is 0 Å². The normalized spacial score (nSPS) is 10.9. The molecule has 1 aromatic heterocycles. The van der Waals surface area contributed by atoms with Gasteiger partial charge in [-0.05, 0) is 30.3 Å². The third kappa shape index (κ3) is 2.23. The Morgan fingerprint density at radius 3 is 2.80 bits per heavy atom. The number of imidazole rings is 1. The minimum Gasteiger partial charge on any atom is -0.497 e. The van der Waals surface area contributed by atoms with Crippen molar-refractivity contribution in [2.75, 3.05) is 7.11 Å². The third-order valence-corrected chi connectivity index (χ3v) is 3.59. The standard InChI is InChI=1S/C15H12Cl2N2O/c1-20-12-4-2-3-11(8-12)19-14-6-5-10(17)7-13(14)18-15(19)9-16/h2-8H,9H2,1H3. The number of alkyl halides is 1. The summed E-state index contributed by atoms with van der Waals surface area (Å²) in [7, 11) is 1.65. The zero-order valence-corrected chi connectivity index (χ0v) is 12.3. The molecule has 0 fully saturated rings. The van der Waals surface area contributed by atoms with Gasteiger partial charge in [0.1, 0.15) is 11.6 Å². The summed E-state index contributed by atoms with van der Waals surface area (Å²) in [5.41, 5.74) is 2.76. The molecule has 0 N–H and O–H groups in total. The molecule has 102 valence electrons. The van der Waals surface area contributed by atoms with Crippen LogP contribution in [0.5, 0.6) is 5.75 Å². The lowest BCUT2D eigenvalue weighted by Gasteiger charge is -2.09. The predicted molar refractivity (Wildman–Crippen MR) is 82.2 cm³/mol. The molecule has 3 rings (SSSR count). The summed E-state index contributed by atoms with van der Waals surface area (Å²) in [4.78, 5) is 4.53. The Kier molecular flexibility index (Phi) is 3.55. The van der Waals surface area contributed by atoms with Gasteiger partial charge in [-0.25, -0.2) is 4.98 Å². The van der Waals surface area contributed by atoms with Crippen LogP contribution in [0, 0.1) is 0 Å². The first-order chi connectivity index (χ1) is 9.72. The smallest absolute Gasteiger partial charge is 0.129 e. The van der Waals surface area contributed by atoms with Gasteiger partial charge in [-0.3, -0.25) is 4.57 Å². The number of methoxy groups -OCH3 is 1. The highest BCUT2D eigenvalue weighted by Crippen LogP contribution is 2.26. The van der Waals surface area contributed by atoms with E-state index < -0.39 is 0 Å². The highest BCUT2D eigenvalue weighted by Gasteiger charge is 2.12. The van der Waals surface area contributed by atoms with Gasteiger partial charge in [-0.2, -0.15) is 0 Å². The van der Waals surface area contributed by atoms with Crippen LogP contribution in [0.15, 0.2) is 42.5 Å². The van der Waals surface area contributed by atoms with Crippen molar-refractivity contribution in [2.45, 2.75) is 5.88 Å². The summed E-state index contributed by atoms with van der Waals surface area (Å²) in [6.45, 7) is 0. The minimum atomic E-state index is 0.323. The minimum absolute atomic E-state index is 0.323. The molecule has 0 amide bonds. The van der Waals surface area contributed by atoms with Gasteiger partial charge in [-0.15, -0.1) is 11.6 Å². The summed E-state index contributed by atoms with van der Waals surface area (Å²) in [5.74, 6) is 1.89. The highest BCUT2D eigenvalue weighted by atomic mass is 35.5. The average Bonchev–Trinajstić information content (AvgIpc) is 2.84. The summed E-state index contributed by atoms with van der Waals surface area (Å²) in [6.07, 6.45) is 0. The van der Waals surface area contributed by atoms with Gasteiger partial charge in [-0.1, -0.05) is 17.7 Å². The van der Waals surface area contributed by atoms with Crippen LogP contribution in [0.1, 0.15) is 5.82 Å². The fourth-order valence-corrected chi connectivity index (χ4v) is 2.58. The maximum absolute atomic E-state index is 6.02. The second-order valence-electron chi connectivity index (χ2n) is 4.33. The van der Waals surface area contributed by atoms with E-state index in [1.165, 1.54) is 0 Å². The van der Waals surface area contributed by atoms with Crippen molar-refractivity contribution in [3.05, 3.63) is 53.3 Å². The van der Waals surface area contributed by atoms with Crippen LogP contribution in [-0.2, 0) is 5.88 Å². The lowest BCUT2D eigenvalue weighted by atomic mass is 10.2. The lowest BCUT2D eigenvalue weighted by Crippen LogP contribution is -1.99. The van der Waals surface area contributed by atoms with E-state index in [1.807, 2.05) is 47.0 Å². The third-order valence-electron chi connectivity index (χ3n) is 3.12. The summed E-state index contributed by atoms with van der Waals surface area (Å²) >= 11 is 12.0. The van der Waals surface area contributed by atoms with Crippen LogP contribution in [0.4, 0.5) is 0 Å². The molecule has 2 aromatic carbocycles. The quantitative estimate of drug-likeness (QED) is 0.669. The second kappa shape index (κ2) is 5.35. The number of ether oxygens (including phenoxy) is 1. The molecule has 0 saturated carbocycles. The first-order valence-electron chi connectivity index (χ1n) is 6.10. The summed E-state index contributed by atoms with van der Waals surface area (Å²) < 4.78 is 7.28. The van der Waals surface area contributed by atoms with Crippen molar-refractivity contribution < 1.29 is 4.74 Å². The molecule has 0 atom stereocenters. The largest absolute Gasteiger partial charge is 0.497 e. The maximum Gasteiger partial charge on any atom is 0.129 e. The molecule has 3 nitrogen and oxygen atoms in total. The van der Waals surface area contributed by atoms with Crippen LogP contribution in [0.2, 0.25) is 5.02 Å². The number of hydrogen-bond acceptors (Lipinski definition) is 2. The van der Waals surface area contributed by atoms with E-state index in [9.17, 15) is 0 Å². The monoisotopic (exact) mass is 306 g/mol. The number of rotatable bonds is 3. The van der Waals surface area contributed by atoms with Crippen LogP contribution in [0.25, 0.3) is 16.7 Å². The number of hydrogen-bond donors (Lipinski definition) is 0. The lowest BCUT2D eigenvalue weighted by molar-refractivity contribution is 0.414. The summed E-state index contributed by atoms with van der Waals surface area (Å²) in [6, 6.07) is 13.4. The number of benzene rings is 2. The molecule has 0 bridgehead atoms. The van der Waals surface area contributed by atoms with Gasteiger partial charge in [0.15, 0.2) is 0 Å². The van der Waals surface area contributed by atoms with Crippen molar-refractivity contribution in [1.82, 2.24) is 9.55 Å². The van der Waals surface area contributed by atoms with E-state index in [0.717, 1.165) is 28.3 Å². The Bertz CT molecular complexity index is 768. The van der Waals surface area contributed by atoms with Crippen LogP contribution < -0.4 is 4.74 Å². The average molecular weight is 307 g/mol. The topological polar surface area (TPSA) is 27.1 Å². The predicted octanol–water partition coefficient (Wildman–Crippen LogP) is 4.43. The van der Waals surface area contributed by atoms with Crippen LogP contribution >= 0.6 is 23.2 Å². The zero-order chi connectivity index (χ0) is 14.1.